The molecule has 0 aliphatic carbocycles. The minimum absolute atomic E-state index is 0.0970. The third-order valence-electron chi connectivity index (χ3n) is 6.22. The van der Waals surface area contributed by atoms with Crippen LogP contribution in [0.3, 0.4) is 0 Å². The van der Waals surface area contributed by atoms with E-state index in [9.17, 15) is 14.7 Å². The number of fused-ring (bicyclic) bond motifs is 1. The molecule has 2 atom stereocenters. The van der Waals surface area contributed by atoms with Gasteiger partial charge < -0.3 is 14.9 Å². The highest BCUT2D eigenvalue weighted by molar-refractivity contribution is 5.74. The first kappa shape index (κ1) is 17.7. The Morgan fingerprint density at radius 1 is 0.958 bits per heavy atom. The molecule has 3 fully saturated rings. The molecular formula is C18H31N3O3. The Bertz CT molecular complexity index is 488. The van der Waals surface area contributed by atoms with Crippen LogP contribution in [-0.4, -0.2) is 82.0 Å². The smallest absolute Gasteiger partial charge is 0.219 e. The highest BCUT2D eigenvalue weighted by Crippen LogP contribution is 2.33. The van der Waals surface area contributed by atoms with Crippen LogP contribution >= 0.6 is 0 Å². The van der Waals surface area contributed by atoms with Gasteiger partial charge in [0, 0.05) is 52.1 Å². The summed E-state index contributed by atoms with van der Waals surface area (Å²) in [5.74, 6) is 0.276. The maximum Gasteiger partial charge on any atom is 0.219 e. The minimum atomic E-state index is -0.704. The van der Waals surface area contributed by atoms with Crippen molar-refractivity contribution in [3.05, 3.63) is 0 Å². The summed E-state index contributed by atoms with van der Waals surface area (Å²) >= 11 is 0. The minimum Gasteiger partial charge on any atom is -0.388 e. The number of piperidine rings is 1. The second-order valence-corrected chi connectivity index (χ2v) is 7.83. The van der Waals surface area contributed by atoms with E-state index in [1.807, 2.05) is 9.80 Å². The monoisotopic (exact) mass is 337 g/mol. The summed E-state index contributed by atoms with van der Waals surface area (Å²) in [5.41, 5.74) is -0.704. The highest BCUT2D eigenvalue weighted by Gasteiger charge is 2.43. The predicted molar refractivity (Wildman–Crippen MR) is 91.4 cm³/mol. The Labute approximate surface area is 144 Å². The summed E-state index contributed by atoms with van der Waals surface area (Å²) in [6, 6.07) is 0.692. The van der Waals surface area contributed by atoms with Crippen molar-refractivity contribution in [2.45, 2.75) is 70.1 Å². The molecule has 0 aromatic rings. The number of carbonyl (C=O) groups is 2. The molecule has 3 heterocycles. The Hall–Kier alpha value is -1.14. The molecule has 0 radical (unpaired) electrons. The van der Waals surface area contributed by atoms with Gasteiger partial charge in [-0.1, -0.05) is 6.42 Å². The van der Waals surface area contributed by atoms with E-state index in [0.717, 1.165) is 38.8 Å². The number of rotatable bonds is 2. The van der Waals surface area contributed by atoms with Crippen molar-refractivity contribution in [3.63, 3.8) is 0 Å². The maximum absolute atomic E-state index is 11.9. The van der Waals surface area contributed by atoms with Gasteiger partial charge in [-0.2, -0.15) is 0 Å². The number of nitrogens with zero attached hydrogens (tertiary/aromatic N) is 3. The zero-order valence-electron chi connectivity index (χ0n) is 15.0. The standard InChI is InChI=1S/C18H31N3O3/c1-14(22)19-11-7-18(24,8-12-19)13-20-9-4-3-5-17-16(20)6-10-21(17)15(2)23/h16-17,24H,3-13H2,1-2H3/t16-,17-/m1/s1. The molecule has 24 heavy (non-hydrogen) atoms. The molecule has 0 aromatic carbocycles. The van der Waals surface area contributed by atoms with Gasteiger partial charge in [0.15, 0.2) is 0 Å². The second-order valence-electron chi connectivity index (χ2n) is 7.83. The number of hydrogen-bond donors (Lipinski definition) is 1. The Morgan fingerprint density at radius 2 is 1.67 bits per heavy atom. The Morgan fingerprint density at radius 3 is 2.29 bits per heavy atom. The molecule has 3 saturated heterocycles. The van der Waals surface area contributed by atoms with E-state index in [4.69, 9.17) is 0 Å². The lowest BCUT2D eigenvalue weighted by atomic mass is 9.89. The van der Waals surface area contributed by atoms with Crippen LogP contribution in [0.25, 0.3) is 0 Å². The normalized spacial score (nSPS) is 30.8. The van der Waals surface area contributed by atoms with Crippen LogP contribution in [0.15, 0.2) is 0 Å². The number of hydrogen-bond acceptors (Lipinski definition) is 4. The van der Waals surface area contributed by atoms with Crippen molar-refractivity contribution in [1.82, 2.24) is 14.7 Å². The molecule has 3 aliphatic heterocycles. The number of β-amino-alcohol motifs (C(OH)–C–C–N with tert-alkyl or cyclic N) is 1. The van der Waals surface area contributed by atoms with Crippen molar-refractivity contribution >= 4 is 11.8 Å². The SMILES string of the molecule is CC(=O)N1CCC(O)(CN2CCCC[C@@H]3[C@H]2CCN3C(C)=O)CC1. The van der Waals surface area contributed by atoms with E-state index in [1.54, 1.807) is 13.8 Å². The van der Waals surface area contributed by atoms with Crippen molar-refractivity contribution in [1.29, 1.82) is 0 Å². The largest absolute Gasteiger partial charge is 0.388 e. The lowest BCUT2D eigenvalue weighted by Gasteiger charge is -2.43. The third kappa shape index (κ3) is 3.59. The maximum atomic E-state index is 11.9. The van der Waals surface area contributed by atoms with Gasteiger partial charge in [0.25, 0.3) is 0 Å². The fourth-order valence-corrected chi connectivity index (χ4v) is 4.81. The van der Waals surface area contributed by atoms with Gasteiger partial charge in [0.05, 0.1) is 5.60 Å². The molecular weight excluding hydrogens is 306 g/mol. The molecule has 1 N–H and O–H groups in total. The molecule has 136 valence electrons. The summed E-state index contributed by atoms with van der Waals surface area (Å²) in [6.07, 6.45) is 5.68. The van der Waals surface area contributed by atoms with Crippen LogP contribution in [0.4, 0.5) is 0 Å². The summed E-state index contributed by atoms with van der Waals surface area (Å²) in [6.45, 7) is 7.08. The first-order valence-corrected chi connectivity index (χ1v) is 9.39. The quantitative estimate of drug-likeness (QED) is 0.811. The van der Waals surface area contributed by atoms with Gasteiger partial charge in [0.2, 0.25) is 11.8 Å². The first-order chi connectivity index (χ1) is 11.4. The highest BCUT2D eigenvalue weighted by atomic mass is 16.3. The van der Waals surface area contributed by atoms with E-state index < -0.39 is 5.60 Å². The molecule has 0 unspecified atom stereocenters. The van der Waals surface area contributed by atoms with Crippen LogP contribution in [0.2, 0.25) is 0 Å². The molecule has 0 spiro atoms. The van der Waals surface area contributed by atoms with Gasteiger partial charge in [-0.25, -0.2) is 0 Å². The first-order valence-electron chi connectivity index (χ1n) is 9.39. The molecule has 6 nitrogen and oxygen atoms in total. The number of aliphatic hydroxyl groups is 1. The van der Waals surface area contributed by atoms with E-state index in [1.165, 1.54) is 0 Å². The topological polar surface area (TPSA) is 64.1 Å². The average molecular weight is 337 g/mol. The van der Waals surface area contributed by atoms with Gasteiger partial charge >= 0.3 is 0 Å². The van der Waals surface area contributed by atoms with Gasteiger partial charge in [-0.15, -0.1) is 0 Å². The van der Waals surface area contributed by atoms with Gasteiger partial charge in [-0.05, 0) is 38.6 Å². The summed E-state index contributed by atoms with van der Waals surface area (Å²) in [5, 5.41) is 11.0. The van der Waals surface area contributed by atoms with Gasteiger partial charge in [0.1, 0.15) is 0 Å². The Kier molecular flexibility index (Phi) is 5.16. The van der Waals surface area contributed by atoms with Crippen molar-refractivity contribution in [2.75, 3.05) is 32.7 Å². The predicted octanol–water partition coefficient (Wildman–Crippen LogP) is 0.835. The van der Waals surface area contributed by atoms with Crippen LogP contribution in [0.5, 0.6) is 0 Å². The molecule has 2 amide bonds. The second kappa shape index (κ2) is 7.00. The molecule has 0 bridgehead atoms. The zero-order chi connectivity index (χ0) is 17.3. The zero-order valence-corrected chi connectivity index (χ0v) is 15.0. The van der Waals surface area contributed by atoms with Crippen LogP contribution in [-0.2, 0) is 9.59 Å². The van der Waals surface area contributed by atoms with Crippen LogP contribution < -0.4 is 0 Å². The lowest BCUT2D eigenvalue weighted by molar-refractivity contribution is -0.134. The number of amides is 2. The summed E-state index contributed by atoms with van der Waals surface area (Å²) in [4.78, 5) is 29.7. The van der Waals surface area contributed by atoms with Crippen LogP contribution in [0.1, 0.15) is 52.4 Å². The third-order valence-corrected chi connectivity index (χ3v) is 6.22. The fourth-order valence-electron chi connectivity index (χ4n) is 4.81. The number of carbonyl (C=O) groups excluding carboxylic acids is 2. The summed E-state index contributed by atoms with van der Waals surface area (Å²) in [7, 11) is 0. The van der Waals surface area contributed by atoms with E-state index in [2.05, 4.69) is 4.90 Å². The van der Waals surface area contributed by atoms with Gasteiger partial charge in [-0.3, -0.25) is 14.5 Å². The molecule has 0 aromatic heterocycles. The van der Waals surface area contributed by atoms with Crippen molar-refractivity contribution in [2.24, 2.45) is 0 Å². The lowest BCUT2D eigenvalue weighted by Crippen LogP contribution is -2.55. The van der Waals surface area contributed by atoms with E-state index in [0.29, 0.717) is 44.6 Å². The average Bonchev–Trinajstić information content (AvgIpc) is 2.86. The van der Waals surface area contributed by atoms with Crippen molar-refractivity contribution < 1.29 is 14.7 Å². The van der Waals surface area contributed by atoms with E-state index >= 15 is 0 Å². The molecule has 3 rings (SSSR count). The van der Waals surface area contributed by atoms with E-state index in [-0.39, 0.29) is 11.8 Å². The molecule has 0 saturated carbocycles. The Balaban J connectivity index is 1.65. The summed E-state index contributed by atoms with van der Waals surface area (Å²) < 4.78 is 0. The fraction of sp³-hybridized carbons (Fsp3) is 0.889. The molecule has 6 heteroatoms. The van der Waals surface area contributed by atoms with Crippen LogP contribution in [0, 0.1) is 0 Å². The molecule has 3 aliphatic rings. The number of likely N-dealkylation sites (tertiary alicyclic amines) is 3. The van der Waals surface area contributed by atoms with Crippen molar-refractivity contribution in [3.8, 4) is 0 Å².